The minimum atomic E-state index is -0.288. The van der Waals surface area contributed by atoms with Crippen LogP contribution in [-0.2, 0) is 0 Å². The normalized spacial score (nSPS) is 28.4. The monoisotopic (exact) mass is 316 g/mol. The van der Waals surface area contributed by atoms with E-state index >= 15 is 0 Å². The van der Waals surface area contributed by atoms with Gasteiger partial charge in [0.25, 0.3) is 0 Å². The zero-order chi connectivity index (χ0) is 16.1. The zero-order valence-electron chi connectivity index (χ0n) is 13.7. The van der Waals surface area contributed by atoms with E-state index in [-0.39, 0.29) is 18.2 Å². The van der Waals surface area contributed by atoms with Gasteiger partial charge in [-0.05, 0) is 24.8 Å². The Kier molecular flexibility index (Phi) is 5.84. The maximum Gasteiger partial charge on any atom is 0.0822 e. The summed E-state index contributed by atoms with van der Waals surface area (Å²) in [5, 5.41) is 20.1. The third-order valence-electron chi connectivity index (χ3n) is 5.07. The molecule has 126 valence electrons. The van der Waals surface area contributed by atoms with Gasteiger partial charge in [-0.15, -0.1) is 0 Å². The van der Waals surface area contributed by atoms with Gasteiger partial charge in [0, 0.05) is 38.8 Å². The van der Waals surface area contributed by atoms with E-state index < -0.39 is 0 Å². The van der Waals surface area contributed by atoms with Crippen LogP contribution in [0.5, 0.6) is 0 Å². The van der Waals surface area contributed by atoms with Crippen LogP contribution in [0.3, 0.4) is 0 Å². The van der Waals surface area contributed by atoms with Crippen molar-refractivity contribution < 1.29 is 10.2 Å². The molecule has 0 saturated carbocycles. The summed E-state index contributed by atoms with van der Waals surface area (Å²) in [6.45, 7) is 4.48. The minimum absolute atomic E-state index is 0.147. The fourth-order valence-corrected chi connectivity index (χ4v) is 3.70. The van der Waals surface area contributed by atoms with Crippen LogP contribution in [0.1, 0.15) is 24.8 Å². The second-order valence-electron chi connectivity index (χ2n) is 6.76. The molecule has 0 bridgehead atoms. The number of aliphatic hydroxyl groups is 2. The molecule has 0 radical (unpaired) electrons. The summed E-state index contributed by atoms with van der Waals surface area (Å²) in [7, 11) is 0. The van der Waals surface area contributed by atoms with Gasteiger partial charge in [-0.3, -0.25) is 9.80 Å². The van der Waals surface area contributed by atoms with Crippen molar-refractivity contribution in [1.82, 2.24) is 9.80 Å². The average molecular weight is 316 g/mol. The number of β-amino-alcohol motifs (C(OH)–C–C–N with tert-alkyl or cyclic N) is 1. The second kappa shape index (κ2) is 8.06. The summed E-state index contributed by atoms with van der Waals surface area (Å²) < 4.78 is 0. The van der Waals surface area contributed by atoms with Gasteiger partial charge in [0.2, 0.25) is 0 Å². The van der Waals surface area contributed by atoms with Crippen molar-refractivity contribution in [3.8, 4) is 0 Å². The van der Waals surface area contributed by atoms with E-state index in [1.54, 1.807) is 0 Å². The first-order valence-corrected chi connectivity index (χ1v) is 8.76. The lowest BCUT2D eigenvalue weighted by atomic mass is 9.96. The maximum atomic E-state index is 10.5. The Hall–Kier alpha value is -1.20. The topological polar surface area (TPSA) is 46.9 Å². The lowest BCUT2D eigenvalue weighted by Crippen LogP contribution is -2.56. The lowest BCUT2D eigenvalue weighted by molar-refractivity contribution is -0.0314. The molecule has 3 rings (SSSR count). The van der Waals surface area contributed by atoms with Crippen molar-refractivity contribution >= 4 is 6.08 Å². The fourth-order valence-electron chi connectivity index (χ4n) is 3.70. The Balaban J connectivity index is 1.46. The van der Waals surface area contributed by atoms with E-state index in [0.29, 0.717) is 0 Å². The smallest absolute Gasteiger partial charge is 0.0822 e. The summed E-state index contributed by atoms with van der Waals surface area (Å²) in [6.07, 6.45) is 6.58. The molecule has 2 aliphatic rings. The predicted octanol–water partition coefficient (Wildman–Crippen LogP) is 1.59. The number of piperidine rings is 2. The van der Waals surface area contributed by atoms with Crippen molar-refractivity contribution in [3.05, 3.63) is 42.0 Å². The predicted molar refractivity (Wildman–Crippen MR) is 93.1 cm³/mol. The van der Waals surface area contributed by atoms with Crippen LogP contribution >= 0.6 is 0 Å². The molecule has 4 heteroatoms. The van der Waals surface area contributed by atoms with Crippen LogP contribution in [0.2, 0.25) is 0 Å². The Morgan fingerprint density at radius 2 is 1.74 bits per heavy atom. The highest BCUT2D eigenvalue weighted by atomic mass is 16.3. The average Bonchev–Trinajstić information content (AvgIpc) is 2.57. The summed E-state index contributed by atoms with van der Waals surface area (Å²) in [5.74, 6) is 0. The van der Waals surface area contributed by atoms with Gasteiger partial charge in [0.05, 0.1) is 12.2 Å². The van der Waals surface area contributed by atoms with Gasteiger partial charge in [0.15, 0.2) is 0 Å². The molecule has 2 N–H and O–H groups in total. The third-order valence-corrected chi connectivity index (χ3v) is 5.07. The number of hydrogen-bond acceptors (Lipinski definition) is 4. The third kappa shape index (κ3) is 4.64. The lowest BCUT2D eigenvalue weighted by Gasteiger charge is -2.43. The SMILES string of the molecule is OC1CCN([C@@H]2CCN(CC=Cc3ccccc3)C[C@H]2O)CC1. The minimum Gasteiger partial charge on any atom is -0.393 e. The Morgan fingerprint density at radius 3 is 2.43 bits per heavy atom. The van der Waals surface area contributed by atoms with E-state index in [2.05, 4.69) is 34.1 Å². The molecule has 0 amide bonds. The zero-order valence-corrected chi connectivity index (χ0v) is 13.7. The van der Waals surface area contributed by atoms with Gasteiger partial charge in [-0.1, -0.05) is 42.5 Å². The Bertz CT molecular complexity index is 497. The molecule has 2 aliphatic heterocycles. The number of nitrogens with zero attached hydrogens (tertiary/aromatic N) is 2. The summed E-state index contributed by atoms with van der Waals surface area (Å²) in [4.78, 5) is 4.69. The van der Waals surface area contributed by atoms with Gasteiger partial charge in [-0.2, -0.15) is 0 Å². The van der Waals surface area contributed by atoms with Gasteiger partial charge in [0.1, 0.15) is 0 Å². The molecule has 0 aliphatic carbocycles. The molecule has 0 unspecified atom stereocenters. The molecule has 2 atom stereocenters. The summed E-state index contributed by atoms with van der Waals surface area (Å²) >= 11 is 0. The number of rotatable bonds is 4. The van der Waals surface area contributed by atoms with Gasteiger partial charge < -0.3 is 10.2 Å². The van der Waals surface area contributed by atoms with E-state index in [1.807, 2.05) is 18.2 Å². The van der Waals surface area contributed by atoms with Gasteiger partial charge in [-0.25, -0.2) is 0 Å². The molecule has 2 saturated heterocycles. The first kappa shape index (κ1) is 16.7. The highest BCUT2D eigenvalue weighted by Crippen LogP contribution is 2.21. The van der Waals surface area contributed by atoms with Crippen LogP contribution in [0, 0.1) is 0 Å². The van der Waals surface area contributed by atoms with Crippen LogP contribution in [0.25, 0.3) is 6.08 Å². The van der Waals surface area contributed by atoms with Crippen molar-refractivity contribution in [1.29, 1.82) is 0 Å². The Morgan fingerprint density at radius 1 is 1.00 bits per heavy atom. The van der Waals surface area contributed by atoms with E-state index in [9.17, 15) is 10.2 Å². The standard InChI is InChI=1S/C19H28N2O2/c22-17-8-13-21(14-9-17)18-10-12-20(15-19(18)23)11-4-7-16-5-2-1-3-6-16/h1-7,17-19,22-23H,8-15H2/t18-,19-/m1/s1. The van der Waals surface area contributed by atoms with Crippen molar-refractivity contribution in [3.63, 3.8) is 0 Å². The highest BCUT2D eigenvalue weighted by Gasteiger charge is 2.33. The van der Waals surface area contributed by atoms with Crippen molar-refractivity contribution in [2.24, 2.45) is 0 Å². The molecule has 23 heavy (non-hydrogen) atoms. The van der Waals surface area contributed by atoms with Crippen LogP contribution in [0.4, 0.5) is 0 Å². The van der Waals surface area contributed by atoms with Crippen molar-refractivity contribution in [2.75, 3.05) is 32.7 Å². The van der Waals surface area contributed by atoms with Crippen LogP contribution in [0.15, 0.2) is 36.4 Å². The van der Waals surface area contributed by atoms with E-state index in [4.69, 9.17) is 0 Å². The molecule has 0 aromatic heterocycles. The molecule has 4 nitrogen and oxygen atoms in total. The molecule has 2 heterocycles. The number of benzene rings is 1. The molecule has 1 aromatic carbocycles. The maximum absolute atomic E-state index is 10.5. The van der Waals surface area contributed by atoms with Crippen LogP contribution < -0.4 is 0 Å². The second-order valence-corrected chi connectivity index (χ2v) is 6.76. The summed E-state index contributed by atoms with van der Waals surface area (Å²) in [6, 6.07) is 10.6. The van der Waals surface area contributed by atoms with E-state index in [1.165, 1.54) is 5.56 Å². The first-order valence-electron chi connectivity index (χ1n) is 8.76. The molecular weight excluding hydrogens is 288 g/mol. The number of hydrogen-bond donors (Lipinski definition) is 2. The highest BCUT2D eigenvalue weighted by molar-refractivity contribution is 5.48. The largest absolute Gasteiger partial charge is 0.393 e. The van der Waals surface area contributed by atoms with Crippen molar-refractivity contribution in [2.45, 2.75) is 37.5 Å². The number of likely N-dealkylation sites (tertiary alicyclic amines) is 2. The molecule has 0 spiro atoms. The quantitative estimate of drug-likeness (QED) is 0.886. The molecule has 2 fully saturated rings. The number of aliphatic hydroxyl groups excluding tert-OH is 2. The fraction of sp³-hybridized carbons (Fsp3) is 0.579. The summed E-state index contributed by atoms with van der Waals surface area (Å²) in [5.41, 5.74) is 1.22. The van der Waals surface area contributed by atoms with E-state index in [0.717, 1.165) is 52.0 Å². The van der Waals surface area contributed by atoms with Gasteiger partial charge >= 0.3 is 0 Å². The first-order chi connectivity index (χ1) is 11.2. The molecular formula is C19H28N2O2. The molecule has 1 aromatic rings. The van der Waals surface area contributed by atoms with Crippen LogP contribution in [-0.4, -0.2) is 71.0 Å². The Labute approximate surface area is 139 Å².